The SMILES string of the molecule is CCN1c2ccc([N+](=O)[O-])c3cccc(c23)C1C=O. The lowest BCUT2D eigenvalue weighted by Crippen LogP contribution is -2.25. The molecule has 0 saturated carbocycles. The first-order valence-electron chi connectivity index (χ1n) is 6.11. The lowest BCUT2D eigenvalue weighted by molar-refractivity contribution is -0.383. The summed E-state index contributed by atoms with van der Waals surface area (Å²) in [4.78, 5) is 24.0. The molecule has 96 valence electrons. The van der Waals surface area contributed by atoms with Gasteiger partial charge in [-0.15, -0.1) is 0 Å². The van der Waals surface area contributed by atoms with Crippen LogP contribution in [0.3, 0.4) is 0 Å². The average Bonchev–Trinajstić information content (AvgIpc) is 2.74. The average molecular weight is 256 g/mol. The minimum absolute atomic E-state index is 0.0863. The molecule has 5 heteroatoms. The van der Waals surface area contributed by atoms with Crippen LogP contribution in [0.15, 0.2) is 30.3 Å². The van der Waals surface area contributed by atoms with Crippen LogP contribution in [0.5, 0.6) is 0 Å². The van der Waals surface area contributed by atoms with Crippen LogP contribution in [0.1, 0.15) is 18.5 Å². The van der Waals surface area contributed by atoms with Gasteiger partial charge in [0, 0.05) is 23.7 Å². The largest absolute Gasteiger partial charge is 0.357 e. The molecular weight excluding hydrogens is 244 g/mol. The highest BCUT2D eigenvalue weighted by atomic mass is 16.6. The molecule has 0 fully saturated rings. The zero-order chi connectivity index (χ0) is 13.6. The lowest BCUT2D eigenvalue weighted by atomic mass is 10.0. The standard InChI is InChI=1S/C14H12N2O3/c1-2-15-12-7-6-11(16(18)19)9-4-3-5-10(14(9)12)13(15)8-17/h3-8,13H,2H2,1H3. The molecule has 0 bridgehead atoms. The third-order valence-corrected chi connectivity index (χ3v) is 3.66. The van der Waals surface area contributed by atoms with E-state index in [1.165, 1.54) is 6.07 Å². The number of carbonyl (C=O) groups excluding carboxylic acids is 1. The van der Waals surface area contributed by atoms with Crippen molar-refractivity contribution in [2.75, 3.05) is 11.4 Å². The van der Waals surface area contributed by atoms with Crippen molar-refractivity contribution in [3.05, 3.63) is 46.0 Å². The topological polar surface area (TPSA) is 63.4 Å². The first-order valence-corrected chi connectivity index (χ1v) is 6.11. The Balaban J connectivity index is 2.40. The Labute approximate surface area is 109 Å². The van der Waals surface area contributed by atoms with Gasteiger partial charge in [-0.05, 0) is 24.6 Å². The Kier molecular flexibility index (Phi) is 2.48. The van der Waals surface area contributed by atoms with Crippen LogP contribution in [0.2, 0.25) is 0 Å². The van der Waals surface area contributed by atoms with Gasteiger partial charge < -0.3 is 9.69 Å². The van der Waals surface area contributed by atoms with E-state index in [1.807, 2.05) is 17.9 Å². The van der Waals surface area contributed by atoms with Crippen LogP contribution in [0.25, 0.3) is 10.8 Å². The van der Waals surface area contributed by atoms with Crippen LogP contribution in [0.4, 0.5) is 11.4 Å². The third-order valence-electron chi connectivity index (χ3n) is 3.66. The number of nitro groups is 1. The number of hydrogen-bond acceptors (Lipinski definition) is 4. The van der Waals surface area contributed by atoms with Gasteiger partial charge in [-0.2, -0.15) is 0 Å². The van der Waals surface area contributed by atoms with Crippen LogP contribution in [-0.4, -0.2) is 17.8 Å². The number of nitrogens with zero attached hydrogens (tertiary/aromatic N) is 2. The van der Waals surface area contributed by atoms with Crippen LogP contribution >= 0.6 is 0 Å². The second-order valence-electron chi connectivity index (χ2n) is 4.50. The van der Waals surface area contributed by atoms with Crippen molar-refractivity contribution in [1.29, 1.82) is 0 Å². The maximum atomic E-state index is 11.3. The molecule has 3 rings (SSSR count). The van der Waals surface area contributed by atoms with E-state index in [9.17, 15) is 14.9 Å². The predicted octanol–water partition coefficient (Wildman–Crippen LogP) is 2.83. The van der Waals surface area contributed by atoms with Crippen molar-refractivity contribution in [3.8, 4) is 0 Å². The monoisotopic (exact) mass is 256 g/mol. The number of aldehydes is 1. The summed E-state index contributed by atoms with van der Waals surface area (Å²) in [5, 5.41) is 12.5. The van der Waals surface area contributed by atoms with Gasteiger partial charge in [0.25, 0.3) is 5.69 Å². The number of hydrogen-bond donors (Lipinski definition) is 0. The van der Waals surface area contributed by atoms with E-state index < -0.39 is 0 Å². The Morgan fingerprint density at radius 2 is 2.16 bits per heavy atom. The van der Waals surface area contributed by atoms with Crippen molar-refractivity contribution in [2.24, 2.45) is 0 Å². The summed E-state index contributed by atoms with van der Waals surface area (Å²) in [5.74, 6) is 0. The van der Waals surface area contributed by atoms with Gasteiger partial charge >= 0.3 is 0 Å². The molecule has 1 aliphatic rings. The molecule has 1 aliphatic heterocycles. The normalized spacial score (nSPS) is 16.9. The van der Waals surface area contributed by atoms with Crippen LogP contribution in [-0.2, 0) is 4.79 Å². The van der Waals surface area contributed by atoms with Gasteiger partial charge in [-0.25, -0.2) is 0 Å². The fraction of sp³-hybridized carbons (Fsp3) is 0.214. The molecule has 0 N–H and O–H groups in total. The Morgan fingerprint density at radius 1 is 1.37 bits per heavy atom. The van der Waals surface area contributed by atoms with E-state index in [2.05, 4.69) is 0 Å². The Hall–Kier alpha value is -2.43. The minimum Gasteiger partial charge on any atom is -0.357 e. The fourth-order valence-electron chi connectivity index (χ4n) is 2.88. The molecule has 0 amide bonds. The molecule has 0 aliphatic carbocycles. The lowest BCUT2D eigenvalue weighted by Gasteiger charge is -2.22. The molecule has 1 unspecified atom stereocenters. The van der Waals surface area contributed by atoms with Crippen molar-refractivity contribution in [1.82, 2.24) is 0 Å². The van der Waals surface area contributed by atoms with Crippen molar-refractivity contribution in [2.45, 2.75) is 13.0 Å². The molecule has 0 spiro atoms. The third kappa shape index (κ3) is 1.44. The number of anilines is 1. The number of non-ortho nitro benzene ring substituents is 1. The van der Waals surface area contributed by atoms with E-state index in [4.69, 9.17) is 0 Å². The van der Waals surface area contributed by atoms with E-state index in [0.29, 0.717) is 11.9 Å². The van der Waals surface area contributed by atoms with Gasteiger partial charge in [0.1, 0.15) is 12.3 Å². The maximum absolute atomic E-state index is 11.3. The zero-order valence-corrected chi connectivity index (χ0v) is 10.4. The zero-order valence-electron chi connectivity index (χ0n) is 10.4. The molecule has 19 heavy (non-hydrogen) atoms. The number of benzene rings is 2. The van der Waals surface area contributed by atoms with Crippen molar-refractivity contribution >= 4 is 28.4 Å². The van der Waals surface area contributed by atoms with E-state index in [0.717, 1.165) is 22.9 Å². The molecule has 1 atom stereocenters. The van der Waals surface area contributed by atoms with Crippen molar-refractivity contribution < 1.29 is 9.72 Å². The van der Waals surface area contributed by atoms with E-state index in [1.54, 1.807) is 18.2 Å². The molecule has 5 nitrogen and oxygen atoms in total. The number of likely N-dealkylation sites (N-methyl/N-ethyl adjacent to an activating group) is 1. The summed E-state index contributed by atoms with van der Waals surface area (Å²) in [6.07, 6.45) is 0.893. The number of carbonyl (C=O) groups is 1. The van der Waals surface area contributed by atoms with Gasteiger partial charge in [0.2, 0.25) is 0 Å². The second-order valence-corrected chi connectivity index (χ2v) is 4.50. The van der Waals surface area contributed by atoms with Crippen molar-refractivity contribution in [3.63, 3.8) is 0 Å². The van der Waals surface area contributed by atoms with E-state index in [-0.39, 0.29) is 16.7 Å². The summed E-state index contributed by atoms with van der Waals surface area (Å²) in [7, 11) is 0. The molecule has 1 heterocycles. The first-order chi connectivity index (χ1) is 9.19. The molecule has 0 saturated heterocycles. The highest BCUT2D eigenvalue weighted by Gasteiger charge is 2.32. The Bertz CT molecular complexity index is 696. The fourth-order valence-corrected chi connectivity index (χ4v) is 2.88. The molecular formula is C14H12N2O3. The number of nitro benzene ring substituents is 1. The van der Waals surface area contributed by atoms with Crippen LogP contribution in [0, 0.1) is 10.1 Å². The van der Waals surface area contributed by atoms with Gasteiger partial charge in [0.05, 0.1) is 10.3 Å². The molecule has 0 aromatic heterocycles. The second kappa shape index (κ2) is 4.05. The molecule has 2 aromatic carbocycles. The summed E-state index contributed by atoms with van der Waals surface area (Å²) in [6.45, 7) is 2.65. The minimum atomic E-state index is -0.382. The van der Waals surface area contributed by atoms with Crippen LogP contribution < -0.4 is 4.90 Å². The quantitative estimate of drug-likeness (QED) is 0.481. The molecule has 0 radical (unpaired) electrons. The smallest absolute Gasteiger partial charge is 0.277 e. The number of rotatable bonds is 3. The predicted molar refractivity (Wildman–Crippen MR) is 72.4 cm³/mol. The maximum Gasteiger partial charge on any atom is 0.277 e. The van der Waals surface area contributed by atoms with Gasteiger partial charge in [0.15, 0.2) is 0 Å². The molecule has 2 aromatic rings. The van der Waals surface area contributed by atoms with Gasteiger partial charge in [-0.3, -0.25) is 10.1 Å². The summed E-state index contributed by atoms with van der Waals surface area (Å²) in [6, 6.07) is 8.27. The first kappa shape index (κ1) is 11.6. The Morgan fingerprint density at radius 3 is 2.79 bits per heavy atom. The highest BCUT2D eigenvalue weighted by Crippen LogP contribution is 2.45. The summed E-state index contributed by atoms with van der Waals surface area (Å²) < 4.78 is 0. The summed E-state index contributed by atoms with van der Waals surface area (Å²) >= 11 is 0. The highest BCUT2D eigenvalue weighted by molar-refractivity contribution is 6.07. The van der Waals surface area contributed by atoms with Gasteiger partial charge in [-0.1, -0.05) is 12.1 Å². The van der Waals surface area contributed by atoms with E-state index >= 15 is 0 Å². The summed E-state index contributed by atoms with van der Waals surface area (Å²) in [5.41, 5.74) is 1.84.